The number of nitrogens with one attached hydrogen (secondary N) is 1. The number of carbonyl (C=O) groups is 1. The third kappa shape index (κ3) is 2.81. The van der Waals surface area contributed by atoms with Gasteiger partial charge in [0.1, 0.15) is 0 Å². The first-order valence-corrected chi connectivity index (χ1v) is 4.48. The molecule has 6 nitrogen and oxygen atoms in total. The van der Waals surface area contributed by atoms with Crippen molar-refractivity contribution in [3.63, 3.8) is 0 Å². The third-order valence-electron chi connectivity index (χ3n) is 1.45. The molecule has 1 rings (SSSR count). The summed E-state index contributed by atoms with van der Waals surface area (Å²) in [5, 5.41) is 6.49. The van der Waals surface area contributed by atoms with Gasteiger partial charge in [-0.3, -0.25) is 0 Å². The van der Waals surface area contributed by atoms with Crippen molar-refractivity contribution in [2.45, 2.75) is 20.4 Å². The minimum atomic E-state index is -0.556. The molecule has 0 saturated carbocycles. The quantitative estimate of drug-likeness (QED) is 0.690. The molecule has 0 unspecified atom stereocenters. The summed E-state index contributed by atoms with van der Waals surface area (Å²) in [6.07, 6.45) is 0. The molecule has 0 spiro atoms. The largest absolute Gasteiger partial charge is 0.460 e. The number of nitrogens with zero attached hydrogens (tertiary/aromatic N) is 2. The van der Waals surface area contributed by atoms with Crippen LogP contribution in [-0.2, 0) is 11.3 Å². The smallest absolute Gasteiger partial charge is 0.379 e. The predicted octanol–water partition coefficient (Wildman–Crippen LogP) is 0.356. The summed E-state index contributed by atoms with van der Waals surface area (Å²) in [4.78, 5) is 15.0. The lowest BCUT2D eigenvalue weighted by atomic mass is 10.5. The average Bonchev–Trinajstić information content (AvgIpc) is 2.63. The molecule has 1 aromatic heterocycles. The zero-order valence-corrected chi connectivity index (χ0v) is 8.24. The summed E-state index contributed by atoms with van der Waals surface area (Å²) in [7, 11) is 0. The molecule has 14 heavy (non-hydrogen) atoms. The van der Waals surface area contributed by atoms with Gasteiger partial charge in [-0.25, -0.2) is 4.79 Å². The van der Waals surface area contributed by atoms with Crippen molar-refractivity contribution in [2.24, 2.45) is 0 Å². The monoisotopic (exact) mass is 199 g/mol. The Labute approximate surface area is 81.6 Å². The summed E-state index contributed by atoms with van der Waals surface area (Å²) in [6, 6.07) is 0. The zero-order chi connectivity index (χ0) is 10.4. The molecule has 0 aromatic carbocycles. The van der Waals surface area contributed by atoms with E-state index in [1.54, 1.807) is 6.92 Å². The van der Waals surface area contributed by atoms with Gasteiger partial charge in [-0.2, -0.15) is 4.98 Å². The molecule has 0 aliphatic heterocycles. The molecule has 1 N–H and O–H groups in total. The number of esters is 1. The van der Waals surface area contributed by atoms with Gasteiger partial charge in [0.2, 0.25) is 5.89 Å². The number of ether oxygens (including phenoxy) is 1. The van der Waals surface area contributed by atoms with Crippen molar-refractivity contribution in [3.05, 3.63) is 11.7 Å². The summed E-state index contributed by atoms with van der Waals surface area (Å²) in [6.45, 7) is 5.25. The van der Waals surface area contributed by atoms with Gasteiger partial charge in [0, 0.05) is 0 Å². The van der Waals surface area contributed by atoms with E-state index in [1.807, 2.05) is 6.92 Å². The van der Waals surface area contributed by atoms with E-state index < -0.39 is 5.97 Å². The van der Waals surface area contributed by atoms with Gasteiger partial charge in [0.25, 0.3) is 5.82 Å². The standard InChI is InChI=1S/C8H13N3O3/c1-3-9-5-6-10-7(11-14-6)8(12)13-4-2/h9H,3-5H2,1-2H3. The van der Waals surface area contributed by atoms with Gasteiger partial charge >= 0.3 is 5.97 Å². The zero-order valence-electron chi connectivity index (χ0n) is 8.24. The Bertz CT molecular complexity index is 298. The maximum Gasteiger partial charge on any atom is 0.379 e. The molecule has 1 heterocycles. The number of carbonyl (C=O) groups excluding carboxylic acids is 1. The van der Waals surface area contributed by atoms with Crippen LogP contribution in [0.4, 0.5) is 0 Å². The van der Waals surface area contributed by atoms with E-state index in [9.17, 15) is 4.79 Å². The lowest BCUT2D eigenvalue weighted by Gasteiger charge is -1.94. The predicted molar refractivity (Wildman–Crippen MR) is 47.6 cm³/mol. The Morgan fingerprint density at radius 2 is 2.36 bits per heavy atom. The lowest BCUT2D eigenvalue weighted by Crippen LogP contribution is -2.12. The van der Waals surface area contributed by atoms with Gasteiger partial charge in [0.15, 0.2) is 0 Å². The van der Waals surface area contributed by atoms with Crippen molar-refractivity contribution in [1.82, 2.24) is 15.5 Å². The molecular weight excluding hydrogens is 186 g/mol. The minimum absolute atomic E-state index is 0.0280. The minimum Gasteiger partial charge on any atom is -0.460 e. The second kappa shape index (κ2) is 5.33. The van der Waals surface area contributed by atoms with Crippen LogP contribution in [0.1, 0.15) is 30.4 Å². The van der Waals surface area contributed by atoms with E-state index in [0.717, 1.165) is 6.54 Å². The Balaban J connectivity index is 2.54. The normalized spacial score (nSPS) is 10.1. The molecule has 0 amide bonds. The van der Waals surface area contributed by atoms with Crippen LogP contribution < -0.4 is 5.32 Å². The summed E-state index contributed by atoms with van der Waals surface area (Å²) in [5.74, 6) is -0.200. The fourth-order valence-electron chi connectivity index (χ4n) is 0.837. The van der Waals surface area contributed by atoms with Crippen molar-refractivity contribution in [1.29, 1.82) is 0 Å². The first kappa shape index (κ1) is 10.6. The van der Waals surface area contributed by atoms with Crippen molar-refractivity contribution < 1.29 is 14.1 Å². The van der Waals surface area contributed by atoms with E-state index in [2.05, 4.69) is 15.5 Å². The Kier molecular flexibility index (Phi) is 4.06. The van der Waals surface area contributed by atoms with Crippen molar-refractivity contribution in [3.8, 4) is 0 Å². The van der Waals surface area contributed by atoms with Gasteiger partial charge in [-0.05, 0) is 18.6 Å². The SMILES string of the molecule is CCNCc1nc(C(=O)OCC)no1. The summed E-state index contributed by atoms with van der Waals surface area (Å²) >= 11 is 0. The van der Waals surface area contributed by atoms with Gasteiger partial charge in [0.05, 0.1) is 13.2 Å². The van der Waals surface area contributed by atoms with Crippen LogP contribution in [0.25, 0.3) is 0 Å². The molecular formula is C8H13N3O3. The molecule has 0 aliphatic rings. The van der Waals surface area contributed by atoms with Crippen LogP contribution in [0.3, 0.4) is 0 Å². The van der Waals surface area contributed by atoms with Crippen LogP contribution in [0.15, 0.2) is 4.52 Å². The molecule has 0 radical (unpaired) electrons. The van der Waals surface area contributed by atoms with E-state index in [1.165, 1.54) is 0 Å². The van der Waals surface area contributed by atoms with Gasteiger partial charge in [-0.15, -0.1) is 0 Å². The van der Waals surface area contributed by atoms with Crippen LogP contribution in [-0.4, -0.2) is 29.3 Å². The molecule has 0 fully saturated rings. The van der Waals surface area contributed by atoms with Crippen LogP contribution in [0.5, 0.6) is 0 Å². The van der Waals surface area contributed by atoms with E-state index in [-0.39, 0.29) is 5.82 Å². The highest BCUT2D eigenvalue weighted by molar-refractivity contribution is 5.84. The molecule has 6 heteroatoms. The lowest BCUT2D eigenvalue weighted by molar-refractivity contribution is 0.0508. The molecule has 0 aliphatic carbocycles. The Hall–Kier alpha value is -1.43. The molecule has 78 valence electrons. The summed E-state index contributed by atoms with van der Waals surface area (Å²) in [5.41, 5.74) is 0. The highest BCUT2D eigenvalue weighted by Crippen LogP contribution is 1.98. The van der Waals surface area contributed by atoms with Crippen molar-refractivity contribution >= 4 is 5.97 Å². The maximum absolute atomic E-state index is 11.1. The van der Waals surface area contributed by atoms with Crippen LogP contribution >= 0.6 is 0 Å². The van der Waals surface area contributed by atoms with E-state index in [0.29, 0.717) is 19.0 Å². The fraction of sp³-hybridized carbons (Fsp3) is 0.625. The molecule has 0 saturated heterocycles. The first-order valence-electron chi connectivity index (χ1n) is 4.48. The molecule has 0 atom stereocenters. The second-order valence-electron chi connectivity index (χ2n) is 2.51. The summed E-state index contributed by atoms with van der Waals surface area (Å²) < 4.78 is 9.51. The molecule has 1 aromatic rings. The second-order valence-corrected chi connectivity index (χ2v) is 2.51. The number of hydrogen-bond acceptors (Lipinski definition) is 6. The van der Waals surface area contributed by atoms with Crippen LogP contribution in [0.2, 0.25) is 0 Å². The van der Waals surface area contributed by atoms with E-state index in [4.69, 9.17) is 9.26 Å². The number of rotatable bonds is 5. The highest BCUT2D eigenvalue weighted by atomic mass is 16.5. The molecule has 0 bridgehead atoms. The first-order chi connectivity index (χ1) is 6.77. The number of aromatic nitrogens is 2. The van der Waals surface area contributed by atoms with Crippen molar-refractivity contribution in [2.75, 3.05) is 13.2 Å². The third-order valence-corrected chi connectivity index (χ3v) is 1.45. The van der Waals surface area contributed by atoms with Gasteiger partial charge in [-0.1, -0.05) is 6.92 Å². The maximum atomic E-state index is 11.1. The highest BCUT2D eigenvalue weighted by Gasteiger charge is 2.14. The van der Waals surface area contributed by atoms with Crippen LogP contribution in [0, 0.1) is 0 Å². The average molecular weight is 199 g/mol. The van der Waals surface area contributed by atoms with E-state index >= 15 is 0 Å². The number of hydrogen-bond donors (Lipinski definition) is 1. The fourth-order valence-corrected chi connectivity index (χ4v) is 0.837. The van der Waals surface area contributed by atoms with Gasteiger partial charge < -0.3 is 14.6 Å². The topological polar surface area (TPSA) is 77.2 Å². The Morgan fingerprint density at radius 1 is 1.57 bits per heavy atom. The Morgan fingerprint density at radius 3 is 3.00 bits per heavy atom.